The standard InChI is InChI=1S/C19H17F2NO3/c1-12-4-3-5-14(10-12)6-9-18(23)25-13(2)19(24)22-17-11-15(20)7-8-16(17)21/h3-11,13H,1-2H3,(H,22,24)/b9-6+/t13-/m1/s1. The van der Waals surface area contributed by atoms with Crippen molar-refractivity contribution in [1.29, 1.82) is 0 Å². The van der Waals surface area contributed by atoms with Crippen molar-refractivity contribution < 1.29 is 23.1 Å². The third kappa shape index (κ3) is 5.53. The molecule has 0 bridgehead atoms. The van der Waals surface area contributed by atoms with Gasteiger partial charge in [0.05, 0.1) is 5.69 Å². The third-order valence-corrected chi connectivity index (χ3v) is 3.30. The Hall–Kier alpha value is -3.02. The maximum Gasteiger partial charge on any atom is 0.331 e. The Labute approximate surface area is 144 Å². The van der Waals surface area contributed by atoms with Gasteiger partial charge in [0.2, 0.25) is 0 Å². The lowest BCUT2D eigenvalue weighted by molar-refractivity contribution is -0.148. The van der Waals surface area contributed by atoms with Gasteiger partial charge < -0.3 is 10.1 Å². The molecule has 0 radical (unpaired) electrons. The highest BCUT2D eigenvalue weighted by Crippen LogP contribution is 2.16. The topological polar surface area (TPSA) is 55.4 Å². The van der Waals surface area contributed by atoms with Crippen molar-refractivity contribution in [3.63, 3.8) is 0 Å². The number of benzene rings is 2. The zero-order valence-electron chi connectivity index (χ0n) is 13.8. The van der Waals surface area contributed by atoms with Gasteiger partial charge >= 0.3 is 5.97 Å². The fraction of sp³-hybridized carbons (Fsp3) is 0.158. The van der Waals surface area contributed by atoms with Crippen LogP contribution in [-0.2, 0) is 14.3 Å². The normalized spacial score (nSPS) is 12.0. The zero-order chi connectivity index (χ0) is 18.4. The van der Waals surface area contributed by atoms with E-state index in [2.05, 4.69) is 5.32 Å². The average molecular weight is 345 g/mol. The summed E-state index contributed by atoms with van der Waals surface area (Å²) in [5.41, 5.74) is 1.54. The predicted octanol–water partition coefficient (Wildman–Crippen LogP) is 3.86. The number of amides is 1. The van der Waals surface area contributed by atoms with E-state index in [0.29, 0.717) is 0 Å². The summed E-state index contributed by atoms with van der Waals surface area (Å²) in [6, 6.07) is 10.2. The smallest absolute Gasteiger partial charge is 0.331 e. The molecule has 0 aliphatic rings. The molecule has 2 rings (SSSR count). The molecule has 0 fully saturated rings. The molecule has 0 aliphatic heterocycles. The van der Waals surface area contributed by atoms with Crippen LogP contribution in [0.3, 0.4) is 0 Å². The van der Waals surface area contributed by atoms with Gasteiger partial charge in [-0.05, 0) is 37.6 Å². The lowest BCUT2D eigenvalue weighted by Crippen LogP contribution is -2.29. The van der Waals surface area contributed by atoms with Gasteiger partial charge in [-0.2, -0.15) is 0 Å². The zero-order valence-corrected chi connectivity index (χ0v) is 13.8. The molecular weight excluding hydrogens is 328 g/mol. The molecule has 0 spiro atoms. The molecule has 1 N–H and O–H groups in total. The molecule has 25 heavy (non-hydrogen) atoms. The van der Waals surface area contributed by atoms with Gasteiger partial charge in [0.15, 0.2) is 6.10 Å². The van der Waals surface area contributed by atoms with Gasteiger partial charge in [-0.25, -0.2) is 13.6 Å². The second-order valence-electron chi connectivity index (χ2n) is 5.44. The van der Waals surface area contributed by atoms with Crippen molar-refractivity contribution in [3.05, 3.63) is 71.3 Å². The number of carbonyl (C=O) groups is 2. The molecule has 0 aliphatic carbocycles. The molecule has 2 aromatic carbocycles. The summed E-state index contributed by atoms with van der Waals surface area (Å²) in [5, 5.41) is 2.18. The van der Waals surface area contributed by atoms with Crippen LogP contribution in [0.4, 0.5) is 14.5 Å². The Morgan fingerprint density at radius 3 is 2.64 bits per heavy atom. The van der Waals surface area contributed by atoms with Gasteiger partial charge in [-0.1, -0.05) is 29.8 Å². The number of carbonyl (C=O) groups excluding carboxylic acids is 2. The van der Waals surface area contributed by atoms with E-state index in [1.165, 1.54) is 13.0 Å². The first-order valence-electron chi connectivity index (χ1n) is 7.56. The fourth-order valence-corrected chi connectivity index (χ4v) is 2.03. The van der Waals surface area contributed by atoms with E-state index < -0.39 is 29.6 Å². The van der Waals surface area contributed by atoms with Crippen LogP contribution in [-0.4, -0.2) is 18.0 Å². The average Bonchev–Trinajstić information content (AvgIpc) is 2.56. The number of nitrogens with one attached hydrogen (secondary N) is 1. The molecule has 0 aromatic heterocycles. The molecular formula is C19H17F2NO3. The predicted molar refractivity (Wildman–Crippen MR) is 90.8 cm³/mol. The number of halogens is 2. The summed E-state index contributed by atoms with van der Waals surface area (Å²) in [6.45, 7) is 3.26. The molecule has 130 valence electrons. The minimum atomic E-state index is -1.17. The Balaban J connectivity index is 1.94. The highest BCUT2D eigenvalue weighted by Gasteiger charge is 2.18. The molecule has 0 saturated heterocycles. The summed E-state index contributed by atoms with van der Waals surface area (Å²) in [7, 11) is 0. The minimum absolute atomic E-state index is 0.316. The van der Waals surface area contributed by atoms with E-state index in [-0.39, 0.29) is 5.69 Å². The van der Waals surface area contributed by atoms with Gasteiger partial charge in [-0.3, -0.25) is 4.79 Å². The first kappa shape index (κ1) is 18.3. The molecule has 4 nitrogen and oxygen atoms in total. The van der Waals surface area contributed by atoms with Crippen LogP contribution < -0.4 is 5.32 Å². The van der Waals surface area contributed by atoms with E-state index in [9.17, 15) is 18.4 Å². The second kappa shape index (κ2) is 8.19. The summed E-state index contributed by atoms with van der Waals surface area (Å²) in [4.78, 5) is 23.7. The van der Waals surface area contributed by atoms with Gasteiger partial charge in [0.1, 0.15) is 11.6 Å². The van der Waals surface area contributed by atoms with Gasteiger partial charge in [-0.15, -0.1) is 0 Å². The largest absolute Gasteiger partial charge is 0.449 e. The number of hydrogen-bond donors (Lipinski definition) is 1. The van der Waals surface area contributed by atoms with Crippen LogP contribution in [0.2, 0.25) is 0 Å². The van der Waals surface area contributed by atoms with Crippen molar-refractivity contribution in [2.75, 3.05) is 5.32 Å². The van der Waals surface area contributed by atoms with Crippen molar-refractivity contribution in [3.8, 4) is 0 Å². The summed E-state index contributed by atoms with van der Waals surface area (Å²) in [6.07, 6.45) is 1.59. The van der Waals surface area contributed by atoms with Crippen LogP contribution >= 0.6 is 0 Å². The Kier molecular flexibility index (Phi) is 6.00. The Morgan fingerprint density at radius 2 is 1.92 bits per heavy atom. The van der Waals surface area contributed by atoms with Crippen LogP contribution in [0.5, 0.6) is 0 Å². The number of esters is 1. The van der Waals surface area contributed by atoms with Crippen molar-refractivity contribution in [2.45, 2.75) is 20.0 Å². The molecule has 2 aromatic rings. The number of hydrogen-bond acceptors (Lipinski definition) is 3. The minimum Gasteiger partial charge on any atom is -0.449 e. The highest BCUT2D eigenvalue weighted by molar-refractivity contribution is 5.96. The molecule has 1 atom stereocenters. The number of aryl methyl sites for hydroxylation is 1. The summed E-state index contributed by atoms with van der Waals surface area (Å²) < 4.78 is 31.5. The van der Waals surface area contributed by atoms with Crippen molar-refractivity contribution in [1.82, 2.24) is 0 Å². The Bertz CT molecular complexity index is 818. The van der Waals surface area contributed by atoms with Crippen molar-refractivity contribution in [2.24, 2.45) is 0 Å². The molecule has 1 amide bonds. The summed E-state index contributed by atoms with van der Waals surface area (Å²) >= 11 is 0. The van der Waals surface area contributed by atoms with E-state index in [1.807, 2.05) is 31.2 Å². The van der Waals surface area contributed by atoms with E-state index in [4.69, 9.17) is 4.74 Å². The van der Waals surface area contributed by atoms with Crippen LogP contribution in [0, 0.1) is 18.6 Å². The molecule has 0 saturated carbocycles. The summed E-state index contributed by atoms with van der Waals surface area (Å²) in [5.74, 6) is -2.96. The first-order chi connectivity index (χ1) is 11.8. The fourth-order valence-electron chi connectivity index (χ4n) is 2.03. The third-order valence-electron chi connectivity index (χ3n) is 3.30. The SMILES string of the molecule is Cc1cccc(/C=C/C(=O)O[C@H](C)C(=O)Nc2cc(F)ccc2F)c1. The van der Waals surface area contributed by atoms with E-state index in [1.54, 1.807) is 6.08 Å². The van der Waals surface area contributed by atoms with Crippen LogP contribution in [0.1, 0.15) is 18.1 Å². The Morgan fingerprint density at radius 1 is 1.16 bits per heavy atom. The van der Waals surface area contributed by atoms with Gasteiger partial charge in [0.25, 0.3) is 5.91 Å². The molecule has 0 unspecified atom stereocenters. The quantitative estimate of drug-likeness (QED) is 0.661. The second-order valence-corrected chi connectivity index (χ2v) is 5.44. The maximum absolute atomic E-state index is 13.5. The number of rotatable bonds is 5. The molecule has 0 heterocycles. The van der Waals surface area contributed by atoms with Crippen LogP contribution in [0.25, 0.3) is 6.08 Å². The monoisotopic (exact) mass is 345 g/mol. The number of ether oxygens (including phenoxy) is 1. The van der Waals surface area contributed by atoms with Crippen LogP contribution in [0.15, 0.2) is 48.5 Å². The van der Waals surface area contributed by atoms with Gasteiger partial charge in [0, 0.05) is 12.1 Å². The lowest BCUT2D eigenvalue weighted by atomic mass is 10.1. The van der Waals surface area contributed by atoms with Crippen molar-refractivity contribution >= 4 is 23.6 Å². The molecule has 6 heteroatoms. The number of anilines is 1. The highest BCUT2D eigenvalue weighted by atomic mass is 19.1. The first-order valence-corrected chi connectivity index (χ1v) is 7.56. The maximum atomic E-state index is 13.5. The van der Waals surface area contributed by atoms with E-state index >= 15 is 0 Å². The lowest BCUT2D eigenvalue weighted by Gasteiger charge is -2.12. The van der Waals surface area contributed by atoms with E-state index in [0.717, 1.165) is 29.3 Å².